The molecule has 0 saturated heterocycles. The van der Waals surface area contributed by atoms with Gasteiger partial charge in [-0.1, -0.05) is 12.1 Å². The number of hydrogen-bond acceptors (Lipinski definition) is 4. The van der Waals surface area contributed by atoms with E-state index in [9.17, 15) is 4.79 Å². The Morgan fingerprint density at radius 3 is 2.73 bits per heavy atom. The monoisotopic (exact) mass is 348 g/mol. The highest BCUT2D eigenvalue weighted by atomic mass is 16.2. The molecule has 1 N–H and O–H groups in total. The Morgan fingerprint density at radius 2 is 2.08 bits per heavy atom. The van der Waals surface area contributed by atoms with Crippen LogP contribution in [0.25, 0.3) is 5.82 Å². The normalized spacial score (nSPS) is 13.4. The largest absolute Gasteiger partial charge is 0.334 e. The molecular weight excluding hydrogens is 328 g/mol. The zero-order chi connectivity index (χ0) is 17.8. The van der Waals surface area contributed by atoms with Gasteiger partial charge in [0.25, 0.3) is 0 Å². The Hall–Kier alpha value is -3.22. The third-order valence-electron chi connectivity index (χ3n) is 4.35. The molecule has 1 aliphatic carbocycles. The van der Waals surface area contributed by atoms with Crippen molar-refractivity contribution in [2.45, 2.75) is 32.0 Å². The number of amides is 2. The molecule has 0 radical (unpaired) electrons. The minimum Gasteiger partial charge on any atom is -0.334 e. The van der Waals surface area contributed by atoms with Gasteiger partial charge in [0, 0.05) is 50.1 Å². The highest BCUT2D eigenvalue weighted by Crippen LogP contribution is 2.28. The van der Waals surface area contributed by atoms with E-state index in [1.807, 2.05) is 39.9 Å². The van der Waals surface area contributed by atoms with Gasteiger partial charge < -0.3 is 10.2 Å². The molecule has 0 spiro atoms. The number of pyridine rings is 2. The molecule has 0 aromatic carbocycles. The molecule has 0 unspecified atom stereocenters. The summed E-state index contributed by atoms with van der Waals surface area (Å²) in [7, 11) is 0. The lowest BCUT2D eigenvalue weighted by molar-refractivity contribution is 0.191. The van der Waals surface area contributed by atoms with Crippen LogP contribution in [0, 0.1) is 0 Å². The van der Waals surface area contributed by atoms with Crippen molar-refractivity contribution < 1.29 is 4.79 Å². The van der Waals surface area contributed by atoms with E-state index in [1.54, 1.807) is 31.1 Å². The second kappa shape index (κ2) is 7.35. The second-order valence-corrected chi connectivity index (χ2v) is 6.37. The summed E-state index contributed by atoms with van der Waals surface area (Å²) in [5.41, 5.74) is 2.00. The predicted octanol–water partition coefficient (Wildman–Crippen LogP) is 2.54. The van der Waals surface area contributed by atoms with Gasteiger partial charge >= 0.3 is 6.03 Å². The van der Waals surface area contributed by atoms with Crippen molar-refractivity contribution in [1.82, 2.24) is 29.7 Å². The Bertz CT molecular complexity index is 844. The Balaban J connectivity index is 1.36. The Kier molecular flexibility index (Phi) is 4.59. The molecule has 3 heterocycles. The number of rotatable bonds is 6. The van der Waals surface area contributed by atoms with Crippen molar-refractivity contribution in [1.29, 1.82) is 0 Å². The molecule has 7 heteroatoms. The standard InChI is InChI=1S/C19H20N6O/c26-19(25(17-4-5-17)13-16-2-1-7-20-10-16)23-12-15-3-6-18(22-11-15)24-9-8-21-14-24/h1-3,6-11,14,17H,4-5,12-13H2,(H,23,26). The molecule has 3 aromatic rings. The van der Waals surface area contributed by atoms with Crippen LogP contribution in [-0.4, -0.2) is 36.5 Å². The maximum Gasteiger partial charge on any atom is 0.318 e. The van der Waals surface area contributed by atoms with Crippen LogP contribution < -0.4 is 5.32 Å². The van der Waals surface area contributed by atoms with Crippen LogP contribution in [0.5, 0.6) is 0 Å². The molecule has 0 bridgehead atoms. The number of hydrogen-bond donors (Lipinski definition) is 1. The molecule has 1 fully saturated rings. The maximum absolute atomic E-state index is 12.6. The molecule has 1 saturated carbocycles. The lowest BCUT2D eigenvalue weighted by Gasteiger charge is -2.23. The van der Waals surface area contributed by atoms with Crippen LogP contribution in [0.3, 0.4) is 0 Å². The summed E-state index contributed by atoms with van der Waals surface area (Å²) in [4.78, 5) is 27.1. The molecular formula is C19H20N6O. The number of carbonyl (C=O) groups excluding carboxylic acids is 1. The van der Waals surface area contributed by atoms with Crippen LogP contribution in [0.1, 0.15) is 24.0 Å². The van der Waals surface area contributed by atoms with E-state index in [2.05, 4.69) is 20.3 Å². The van der Waals surface area contributed by atoms with Gasteiger partial charge in [-0.3, -0.25) is 9.55 Å². The van der Waals surface area contributed by atoms with Gasteiger partial charge in [-0.2, -0.15) is 0 Å². The van der Waals surface area contributed by atoms with Gasteiger partial charge in [-0.05, 0) is 36.1 Å². The first kappa shape index (κ1) is 16.3. The Morgan fingerprint density at radius 1 is 1.15 bits per heavy atom. The number of carbonyl (C=O) groups is 1. The molecule has 0 aliphatic heterocycles. The van der Waals surface area contributed by atoms with E-state index in [4.69, 9.17) is 0 Å². The summed E-state index contributed by atoms with van der Waals surface area (Å²) >= 11 is 0. The maximum atomic E-state index is 12.6. The first-order valence-corrected chi connectivity index (χ1v) is 8.66. The van der Waals surface area contributed by atoms with Crippen molar-refractivity contribution in [3.05, 3.63) is 72.7 Å². The van der Waals surface area contributed by atoms with E-state index in [-0.39, 0.29) is 6.03 Å². The number of nitrogens with zero attached hydrogens (tertiary/aromatic N) is 5. The SMILES string of the molecule is O=C(NCc1ccc(-n2ccnc2)nc1)N(Cc1cccnc1)C1CC1. The van der Waals surface area contributed by atoms with Crippen molar-refractivity contribution in [2.75, 3.05) is 0 Å². The molecule has 132 valence electrons. The van der Waals surface area contributed by atoms with Crippen LogP contribution in [0.2, 0.25) is 0 Å². The van der Waals surface area contributed by atoms with Crippen molar-refractivity contribution >= 4 is 6.03 Å². The molecule has 26 heavy (non-hydrogen) atoms. The summed E-state index contributed by atoms with van der Waals surface area (Å²) in [6.45, 7) is 1.04. The fraction of sp³-hybridized carbons (Fsp3) is 0.263. The zero-order valence-electron chi connectivity index (χ0n) is 14.3. The van der Waals surface area contributed by atoms with Crippen molar-refractivity contribution in [2.24, 2.45) is 0 Å². The van der Waals surface area contributed by atoms with E-state index < -0.39 is 0 Å². The average Bonchev–Trinajstić information content (AvgIpc) is 3.38. The van der Waals surface area contributed by atoms with Crippen molar-refractivity contribution in [3.63, 3.8) is 0 Å². The minimum atomic E-state index is -0.0463. The van der Waals surface area contributed by atoms with Gasteiger partial charge in [0.05, 0.1) is 0 Å². The van der Waals surface area contributed by atoms with Crippen molar-refractivity contribution in [3.8, 4) is 5.82 Å². The van der Waals surface area contributed by atoms with Crippen LogP contribution in [0.15, 0.2) is 61.6 Å². The molecule has 3 aromatic heterocycles. The summed E-state index contributed by atoms with van der Waals surface area (Å²) in [5.74, 6) is 0.800. The summed E-state index contributed by atoms with van der Waals surface area (Å²) in [5, 5.41) is 3.00. The lowest BCUT2D eigenvalue weighted by atomic mass is 10.2. The van der Waals surface area contributed by atoms with Crippen LogP contribution >= 0.6 is 0 Å². The average molecular weight is 348 g/mol. The number of urea groups is 1. The number of imidazole rings is 1. The fourth-order valence-electron chi connectivity index (χ4n) is 2.79. The van der Waals surface area contributed by atoms with Gasteiger partial charge in [0.2, 0.25) is 0 Å². The highest BCUT2D eigenvalue weighted by Gasteiger charge is 2.32. The summed E-state index contributed by atoms with van der Waals surface area (Å²) < 4.78 is 1.84. The van der Waals surface area contributed by atoms with Crippen LogP contribution in [-0.2, 0) is 13.1 Å². The van der Waals surface area contributed by atoms with Gasteiger partial charge in [0.15, 0.2) is 0 Å². The number of aromatic nitrogens is 4. The minimum absolute atomic E-state index is 0.0463. The van der Waals surface area contributed by atoms with E-state index >= 15 is 0 Å². The molecule has 2 amide bonds. The topological polar surface area (TPSA) is 75.9 Å². The lowest BCUT2D eigenvalue weighted by Crippen LogP contribution is -2.40. The second-order valence-electron chi connectivity index (χ2n) is 6.37. The molecule has 1 aliphatic rings. The fourth-order valence-corrected chi connectivity index (χ4v) is 2.79. The smallest absolute Gasteiger partial charge is 0.318 e. The van der Waals surface area contributed by atoms with E-state index in [0.717, 1.165) is 29.8 Å². The van der Waals surface area contributed by atoms with Gasteiger partial charge in [0.1, 0.15) is 12.1 Å². The first-order chi connectivity index (χ1) is 12.8. The first-order valence-electron chi connectivity index (χ1n) is 8.66. The molecule has 7 nitrogen and oxygen atoms in total. The third-order valence-corrected chi connectivity index (χ3v) is 4.35. The van der Waals surface area contributed by atoms with E-state index in [1.165, 1.54) is 0 Å². The third kappa shape index (κ3) is 3.88. The quantitative estimate of drug-likeness (QED) is 0.743. The highest BCUT2D eigenvalue weighted by molar-refractivity contribution is 5.75. The molecule has 4 rings (SSSR count). The summed E-state index contributed by atoms with van der Waals surface area (Å²) in [6.07, 6.45) is 12.7. The van der Waals surface area contributed by atoms with Gasteiger partial charge in [-0.15, -0.1) is 0 Å². The van der Waals surface area contributed by atoms with E-state index in [0.29, 0.717) is 19.1 Å². The van der Waals surface area contributed by atoms with Gasteiger partial charge in [-0.25, -0.2) is 14.8 Å². The zero-order valence-corrected chi connectivity index (χ0v) is 14.3. The number of nitrogens with one attached hydrogen (secondary N) is 1. The summed E-state index contributed by atoms with van der Waals surface area (Å²) in [6, 6.07) is 8.05. The van der Waals surface area contributed by atoms with Crippen LogP contribution in [0.4, 0.5) is 4.79 Å². The Labute approximate surface area is 151 Å². The molecule has 0 atom stereocenters. The predicted molar refractivity (Wildman–Crippen MR) is 96.4 cm³/mol.